The van der Waals surface area contributed by atoms with Crippen LogP contribution in [0.2, 0.25) is 0 Å². The highest BCUT2D eigenvalue weighted by atomic mass is 32.3. The fourth-order valence-corrected chi connectivity index (χ4v) is 16.8. The molecule has 4 aliphatic carbocycles. The van der Waals surface area contributed by atoms with Crippen LogP contribution in [0.25, 0.3) is 0 Å². The first-order valence-corrected chi connectivity index (χ1v) is 31.9. The fraction of sp³-hybridized carbons (Fsp3) is 0.965. The fourth-order valence-electron chi connectivity index (χ4n) is 16.3. The maximum atomic E-state index is 12.5. The van der Waals surface area contributed by atoms with E-state index in [0.717, 1.165) is 12.0 Å². The van der Waals surface area contributed by atoms with Gasteiger partial charge in [0.1, 0.15) is 104 Å². The molecule has 496 valence electrons. The van der Waals surface area contributed by atoms with Crippen LogP contribution < -0.4 is 0 Å². The average Bonchev–Trinajstić information content (AvgIpc) is 1.42. The first-order valence-electron chi connectivity index (χ1n) is 30.5. The zero-order chi connectivity index (χ0) is 62.8. The lowest BCUT2D eigenvalue weighted by molar-refractivity contribution is -0.403. The van der Waals surface area contributed by atoms with Crippen molar-refractivity contribution in [3.05, 3.63) is 11.6 Å². The Morgan fingerprint density at radius 3 is 1.80 bits per heavy atom. The summed E-state index contributed by atoms with van der Waals surface area (Å²) in [5.74, 6) is -0.270. The Bertz CT molecular complexity index is 2460. The van der Waals surface area contributed by atoms with E-state index in [9.17, 15) is 79.4 Å². The van der Waals surface area contributed by atoms with Crippen molar-refractivity contribution in [1.82, 2.24) is 0 Å². The Labute approximate surface area is 500 Å². The number of rotatable bonds is 17. The Morgan fingerprint density at radius 2 is 1.21 bits per heavy atom. The van der Waals surface area contributed by atoms with Gasteiger partial charge in [-0.2, -0.15) is 0 Å². The molecule has 0 amide bonds. The van der Waals surface area contributed by atoms with Crippen LogP contribution >= 0.6 is 0 Å². The van der Waals surface area contributed by atoms with Crippen LogP contribution in [0.4, 0.5) is 0 Å². The van der Waals surface area contributed by atoms with Crippen LogP contribution in [0, 0.1) is 46.3 Å². The van der Waals surface area contributed by atoms with E-state index in [1.807, 2.05) is 6.92 Å². The molecular weight excluding hydrogens is 1160 g/mol. The third-order valence-electron chi connectivity index (χ3n) is 21.7. The van der Waals surface area contributed by atoms with Crippen molar-refractivity contribution < 1.29 is 136 Å². The Balaban J connectivity index is 0.925. The second-order valence-corrected chi connectivity index (χ2v) is 28.3. The maximum Gasteiger partial charge on any atom is 0.217 e. The van der Waals surface area contributed by atoms with E-state index in [2.05, 4.69) is 40.7 Å². The summed E-state index contributed by atoms with van der Waals surface area (Å²) in [6, 6.07) is 0. The molecule has 0 bridgehead atoms. The standard InChI is InChI=1S/C57H94O28S/c1-20(2)21(3)44-49(80-44)57(9,70)33-11-10-27-26-17-31(29-16-25(85-86(71,72)73)12-14-55(29,7)28(26)13-15-56(27,33)8)78-52-43(69)46(37(63)32(18-58)79-52)82-54-48(84-51-41(67)39(65)35(61)23(5)76-51)42(68)45(24(6)77-54)81-53-47(36(62)30(59)19-74-53)83-50-40(66)38(64)34(60)22(4)75-50/h13,20-27,29-54,58-70H,10-12,14-19H2,1-9H3,(H,71,72,73)/p-1/t21-,22+,23+,24+,25-,26-,27-,29+,30-,31-,32+,33-,34-,35+,36-,37+,38-,39-,40+,41+,42-,43+,44-,45+,46-,47+,48+,49+,50-,51-,52+,53-,54-,55+,56-,57+/m0/s1. The van der Waals surface area contributed by atoms with E-state index >= 15 is 0 Å². The molecule has 0 spiro atoms. The third kappa shape index (κ3) is 12.5. The monoisotopic (exact) mass is 1260 g/mol. The van der Waals surface area contributed by atoms with Crippen molar-refractivity contribution in [2.45, 2.75) is 285 Å². The summed E-state index contributed by atoms with van der Waals surface area (Å²) in [6.07, 6.45) is -37.9. The van der Waals surface area contributed by atoms with Crippen molar-refractivity contribution >= 4 is 10.4 Å². The van der Waals surface area contributed by atoms with E-state index < -0.39 is 206 Å². The lowest BCUT2D eigenvalue weighted by Gasteiger charge is -2.60. The predicted octanol–water partition coefficient (Wildman–Crippen LogP) is -2.96. The van der Waals surface area contributed by atoms with Gasteiger partial charge in [-0.1, -0.05) is 46.3 Å². The first-order chi connectivity index (χ1) is 40.2. The van der Waals surface area contributed by atoms with Crippen LogP contribution in [0.1, 0.15) is 107 Å². The number of hydrogen-bond acceptors (Lipinski definition) is 28. The van der Waals surface area contributed by atoms with Gasteiger partial charge in [-0.25, -0.2) is 8.42 Å². The summed E-state index contributed by atoms with van der Waals surface area (Å²) in [6.45, 7) is 15.3. The molecule has 9 fully saturated rings. The quantitative estimate of drug-likeness (QED) is 0.0299. The summed E-state index contributed by atoms with van der Waals surface area (Å²) in [7, 11) is -5.14. The van der Waals surface area contributed by atoms with E-state index in [-0.39, 0.29) is 48.7 Å². The van der Waals surface area contributed by atoms with Crippen LogP contribution in [-0.2, 0) is 66.7 Å². The zero-order valence-electron chi connectivity index (χ0n) is 49.9. The van der Waals surface area contributed by atoms with Gasteiger partial charge in [0.2, 0.25) is 10.4 Å². The van der Waals surface area contributed by atoms with Gasteiger partial charge in [0.25, 0.3) is 0 Å². The molecule has 10 aliphatic rings. The normalized spacial score (nSPS) is 53.6. The highest BCUT2D eigenvalue weighted by molar-refractivity contribution is 7.80. The summed E-state index contributed by atoms with van der Waals surface area (Å²) >= 11 is 0. The number of epoxide rings is 1. The molecule has 28 nitrogen and oxygen atoms in total. The number of hydrogen-bond donors (Lipinski definition) is 13. The van der Waals surface area contributed by atoms with Gasteiger partial charge < -0.3 is 123 Å². The zero-order valence-corrected chi connectivity index (χ0v) is 50.7. The number of ether oxygens (including phenoxy) is 11. The van der Waals surface area contributed by atoms with Crippen molar-refractivity contribution in [2.24, 2.45) is 46.3 Å². The Morgan fingerprint density at radius 1 is 0.640 bits per heavy atom. The highest BCUT2D eigenvalue weighted by Crippen LogP contribution is 2.68. The molecule has 0 aromatic rings. The number of fused-ring (bicyclic) bond motifs is 5. The van der Waals surface area contributed by atoms with Gasteiger partial charge in [-0.15, -0.1) is 0 Å². The van der Waals surface area contributed by atoms with Gasteiger partial charge in [0, 0.05) is 0 Å². The van der Waals surface area contributed by atoms with Gasteiger partial charge >= 0.3 is 0 Å². The van der Waals surface area contributed by atoms with Crippen LogP contribution in [0.3, 0.4) is 0 Å². The molecule has 10 rings (SSSR count). The molecule has 3 saturated carbocycles. The maximum absolute atomic E-state index is 12.5. The molecular formula is C57H93O28S-. The highest BCUT2D eigenvalue weighted by Gasteiger charge is 2.67. The van der Waals surface area contributed by atoms with E-state index in [4.69, 9.17) is 56.3 Å². The molecule has 0 aromatic heterocycles. The molecule has 6 saturated heterocycles. The number of allylic oxidation sites excluding steroid dienone is 2. The second kappa shape index (κ2) is 25.5. The van der Waals surface area contributed by atoms with E-state index in [0.29, 0.717) is 31.6 Å². The molecule has 0 unspecified atom stereocenters. The molecule has 0 radical (unpaired) electrons. The smallest absolute Gasteiger partial charge is 0.217 e. The topological polar surface area (TPSA) is 434 Å². The third-order valence-corrected chi connectivity index (χ3v) is 22.2. The van der Waals surface area contributed by atoms with Crippen molar-refractivity contribution in [2.75, 3.05) is 13.2 Å². The molecule has 0 aromatic carbocycles. The lowest BCUT2D eigenvalue weighted by atomic mass is 9.47. The Kier molecular flexibility index (Phi) is 20.0. The van der Waals surface area contributed by atoms with Gasteiger partial charge in [0.15, 0.2) is 31.5 Å². The van der Waals surface area contributed by atoms with Crippen molar-refractivity contribution in [1.29, 1.82) is 0 Å². The lowest BCUT2D eigenvalue weighted by Crippen LogP contribution is -2.68. The predicted molar refractivity (Wildman–Crippen MR) is 287 cm³/mol. The van der Waals surface area contributed by atoms with E-state index in [1.54, 1.807) is 0 Å². The molecule has 29 heteroatoms. The summed E-state index contributed by atoms with van der Waals surface area (Å²) in [4.78, 5) is 0. The number of aliphatic hydroxyl groups is 13. The second-order valence-electron chi connectivity index (χ2n) is 27.3. The summed E-state index contributed by atoms with van der Waals surface area (Å²) < 4.78 is 109. The van der Waals surface area contributed by atoms with Gasteiger partial charge in [-0.05, 0) is 119 Å². The van der Waals surface area contributed by atoms with E-state index in [1.165, 1.54) is 20.8 Å². The molecule has 6 heterocycles. The first kappa shape index (κ1) is 67.5. The summed E-state index contributed by atoms with van der Waals surface area (Å²) in [5.41, 5.74) is -1.09. The van der Waals surface area contributed by atoms with Crippen LogP contribution in [0.5, 0.6) is 0 Å². The molecule has 6 aliphatic heterocycles. The minimum atomic E-state index is -5.14. The van der Waals surface area contributed by atoms with Gasteiger partial charge in [0.05, 0.1) is 55.4 Å². The SMILES string of the molecule is CC(C)[C@H](C)[C@@H]1O[C@H]1[C@](C)(O)[C@H]1CC[C@H]2[C@@H]3C[C@H](O[C@@H]4O[C@H](CO)[C@@H](O)[C@H](O[C@@H]5O[C@H](C)[C@@H](O[C@@H]6OC[C@H](O)[C@H](O)[C@H]6O[C@@H]6O[C@H](C)[C@H](O)[C@H](O)[C@H]6O)[C@H](O)[C@H]5O[C@@H]5O[C@H](C)[C@@H](O)[C@H](O)[C@H]5O)[C@H]4O)[C@H]4C[C@@H](OS(=O)(=O)[O-])CC[C@]4(C)C3=CC[C@]12C. The van der Waals surface area contributed by atoms with Crippen molar-refractivity contribution in [3.63, 3.8) is 0 Å². The Hall–Kier alpha value is -1.35. The average molecular weight is 1260 g/mol. The largest absolute Gasteiger partial charge is 0.726 e. The minimum Gasteiger partial charge on any atom is -0.726 e. The minimum absolute atomic E-state index is 0.0193. The summed E-state index contributed by atoms with van der Waals surface area (Å²) in [5, 5.41) is 146. The molecule has 13 N–H and O–H groups in total. The van der Waals surface area contributed by atoms with Gasteiger partial charge in [-0.3, -0.25) is 4.18 Å². The molecule has 36 atom stereocenters. The van der Waals surface area contributed by atoms with Crippen molar-refractivity contribution in [3.8, 4) is 0 Å². The molecule has 86 heavy (non-hydrogen) atoms. The van der Waals surface area contributed by atoms with Crippen LogP contribution in [0.15, 0.2) is 11.6 Å². The van der Waals surface area contributed by atoms with Crippen LogP contribution in [-0.4, -0.2) is 270 Å². The number of aliphatic hydroxyl groups excluding tert-OH is 12.